The lowest BCUT2D eigenvalue weighted by molar-refractivity contribution is -0.166. The average molecular weight is 296 g/mol. The molecule has 1 saturated carbocycles. The number of pyridine rings is 1. The van der Waals surface area contributed by atoms with E-state index in [1.165, 1.54) is 0 Å². The second-order valence-corrected chi connectivity index (χ2v) is 5.40. The Hall–Kier alpha value is -1.66. The maximum atomic E-state index is 12.8. The van der Waals surface area contributed by atoms with Gasteiger partial charge in [0.25, 0.3) is 0 Å². The highest BCUT2D eigenvalue weighted by Crippen LogP contribution is 2.49. The van der Waals surface area contributed by atoms with Crippen LogP contribution in [0.3, 0.4) is 0 Å². The van der Waals surface area contributed by atoms with Gasteiger partial charge in [-0.25, -0.2) is 0 Å². The summed E-state index contributed by atoms with van der Waals surface area (Å²) in [6.07, 6.45) is -3.56. The van der Waals surface area contributed by atoms with Crippen molar-refractivity contribution in [3.8, 4) is 0 Å². The first-order valence-corrected chi connectivity index (χ1v) is 6.76. The Labute approximate surface area is 119 Å². The van der Waals surface area contributed by atoms with Crippen LogP contribution in [0.25, 0.3) is 10.9 Å². The van der Waals surface area contributed by atoms with Crippen LogP contribution >= 0.6 is 0 Å². The quantitative estimate of drug-likeness (QED) is 0.912. The van der Waals surface area contributed by atoms with Gasteiger partial charge in [0.2, 0.25) is 0 Å². The van der Waals surface area contributed by atoms with E-state index >= 15 is 0 Å². The van der Waals surface area contributed by atoms with Crippen molar-refractivity contribution in [2.45, 2.75) is 30.7 Å². The van der Waals surface area contributed by atoms with Gasteiger partial charge in [-0.15, -0.1) is 0 Å². The predicted octanol–water partition coefficient (Wildman–Crippen LogP) is 2.95. The molecule has 1 heterocycles. The summed E-state index contributed by atoms with van der Waals surface area (Å²) >= 11 is 0. The van der Waals surface area contributed by atoms with Crippen LogP contribution in [-0.4, -0.2) is 28.4 Å². The van der Waals surface area contributed by atoms with Crippen molar-refractivity contribution >= 4 is 10.9 Å². The molecule has 2 aromatic rings. The third kappa shape index (κ3) is 2.61. The number of aromatic nitrogens is 1. The molecule has 0 amide bonds. The maximum Gasteiger partial charge on any atom is 0.406 e. The van der Waals surface area contributed by atoms with E-state index in [-0.39, 0.29) is 19.4 Å². The van der Waals surface area contributed by atoms with Gasteiger partial charge < -0.3 is 10.4 Å². The Morgan fingerprint density at radius 2 is 1.95 bits per heavy atom. The number of benzene rings is 1. The molecule has 1 fully saturated rings. The normalized spacial score (nSPS) is 18.7. The van der Waals surface area contributed by atoms with Gasteiger partial charge in [-0.05, 0) is 18.9 Å². The summed E-state index contributed by atoms with van der Waals surface area (Å²) in [7, 11) is 0. The smallest absolute Gasteiger partial charge is 0.387 e. The molecule has 1 aliphatic carbocycles. The molecule has 0 aliphatic heterocycles. The SMILES string of the molecule is O[C@H](CNC1(C(F)(F)F)CC1)c1cccc2cccnc12. The number of nitrogens with zero attached hydrogens (tertiary/aromatic N) is 1. The molecule has 112 valence electrons. The minimum absolute atomic E-state index is 0.0665. The van der Waals surface area contributed by atoms with Crippen molar-refractivity contribution in [1.29, 1.82) is 0 Å². The Bertz CT molecular complexity index is 647. The van der Waals surface area contributed by atoms with Gasteiger partial charge in [0.05, 0.1) is 11.6 Å². The van der Waals surface area contributed by atoms with Crippen LogP contribution in [0.4, 0.5) is 13.2 Å². The minimum Gasteiger partial charge on any atom is -0.387 e. The van der Waals surface area contributed by atoms with E-state index in [1.807, 2.05) is 12.1 Å². The van der Waals surface area contributed by atoms with Gasteiger partial charge in [-0.2, -0.15) is 13.2 Å². The molecule has 0 bridgehead atoms. The van der Waals surface area contributed by atoms with Gasteiger partial charge >= 0.3 is 6.18 Å². The van der Waals surface area contributed by atoms with Crippen LogP contribution in [0.5, 0.6) is 0 Å². The number of β-amino-alcohol motifs (C(OH)–C–C–N with tert-alkyl or cyclic N) is 1. The highest BCUT2D eigenvalue weighted by molar-refractivity contribution is 5.81. The van der Waals surface area contributed by atoms with Crippen LogP contribution in [0.2, 0.25) is 0 Å². The molecule has 0 radical (unpaired) electrons. The Kier molecular flexibility index (Phi) is 3.37. The monoisotopic (exact) mass is 296 g/mol. The number of aliphatic hydroxyl groups excluding tert-OH is 1. The topological polar surface area (TPSA) is 45.1 Å². The second-order valence-electron chi connectivity index (χ2n) is 5.40. The number of hydrogen-bond donors (Lipinski definition) is 2. The molecule has 1 aromatic carbocycles. The first-order chi connectivity index (χ1) is 9.93. The highest BCUT2D eigenvalue weighted by atomic mass is 19.4. The van der Waals surface area contributed by atoms with Crippen LogP contribution in [0, 0.1) is 0 Å². The van der Waals surface area contributed by atoms with Crippen molar-refractivity contribution < 1.29 is 18.3 Å². The number of hydrogen-bond acceptors (Lipinski definition) is 3. The largest absolute Gasteiger partial charge is 0.406 e. The summed E-state index contributed by atoms with van der Waals surface area (Å²) in [5, 5.41) is 13.5. The Balaban J connectivity index is 1.78. The number of nitrogens with one attached hydrogen (secondary N) is 1. The molecule has 0 spiro atoms. The molecule has 0 saturated heterocycles. The van der Waals surface area contributed by atoms with E-state index in [0.717, 1.165) is 5.39 Å². The number of para-hydroxylation sites is 1. The second kappa shape index (κ2) is 4.96. The van der Waals surface area contributed by atoms with Crippen LogP contribution in [-0.2, 0) is 0 Å². The average Bonchev–Trinajstić information content (AvgIpc) is 3.25. The van der Waals surface area contributed by atoms with Gasteiger partial charge in [0.15, 0.2) is 0 Å². The summed E-state index contributed by atoms with van der Waals surface area (Å²) in [5.74, 6) is 0. The third-order valence-electron chi connectivity index (χ3n) is 3.95. The first-order valence-electron chi connectivity index (χ1n) is 6.76. The van der Waals surface area contributed by atoms with Gasteiger partial charge in [-0.3, -0.25) is 4.98 Å². The van der Waals surface area contributed by atoms with Crippen molar-refractivity contribution in [1.82, 2.24) is 10.3 Å². The lowest BCUT2D eigenvalue weighted by Crippen LogP contribution is -2.46. The summed E-state index contributed by atoms with van der Waals surface area (Å²) < 4.78 is 38.5. The van der Waals surface area contributed by atoms with Gasteiger partial charge in [-0.1, -0.05) is 24.3 Å². The van der Waals surface area contributed by atoms with Crippen LogP contribution in [0.15, 0.2) is 36.5 Å². The molecular formula is C15H15F3N2O. The number of halogens is 3. The van der Waals surface area contributed by atoms with Crippen molar-refractivity contribution in [3.05, 3.63) is 42.1 Å². The van der Waals surface area contributed by atoms with Crippen LogP contribution < -0.4 is 5.32 Å². The zero-order chi connectivity index (χ0) is 15.1. The molecule has 1 aromatic heterocycles. The minimum atomic E-state index is -4.27. The molecule has 0 unspecified atom stereocenters. The molecule has 3 nitrogen and oxygen atoms in total. The van der Waals surface area contributed by atoms with E-state index in [4.69, 9.17) is 0 Å². The zero-order valence-corrected chi connectivity index (χ0v) is 11.2. The van der Waals surface area contributed by atoms with E-state index in [0.29, 0.717) is 11.1 Å². The molecule has 3 rings (SSSR count). The van der Waals surface area contributed by atoms with Gasteiger partial charge in [0.1, 0.15) is 5.54 Å². The lowest BCUT2D eigenvalue weighted by Gasteiger charge is -2.23. The third-order valence-corrected chi connectivity index (χ3v) is 3.95. The molecule has 1 aliphatic rings. The fourth-order valence-electron chi connectivity index (χ4n) is 2.48. The van der Waals surface area contributed by atoms with E-state index in [2.05, 4.69) is 10.3 Å². The summed E-state index contributed by atoms with van der Waals surface area (Å²) in [4.78, 5) is 4.20. The molecule has 1 atom stereocenters. The fourth-order valence-corrected chi connectivity index (χ4v) is 2.48. The number of fused-ring (bicyclic) bond motifs is 1. The van der Waals surface area contributed by atoms with Gasteiger partial charge in [0, 0.05) is 23.7 Å². The first kappa shape index (κ1) is 14.3. The Morgan fingerprint density at radius 1 is 1.24 bits per heavy atom. The zero-order valence-electron chi connectivity index (χ0n) is 11.2. The standard InChI is InChI=1S/C15H15F3N2O/c16-15(17,18)14(6-7-14)20-9-12(21)11-5-1-3-10-4-2-8-19-13(10)11/h1-5,8,12,20-21H,6-7,9H2/t12-/m1/s1. The molecule has 2 N–H and O–H groups in total. The number of alkyl halides is 3. The molecular weight excluding hydrogens is 281 g/mol. The summed E-state index contributed by atoms with van der Waals surface area (Å²) in [6.45, 7) is -0.144. The van der Waals surface area contributed by atoms with E-state index in [9.17, 15) is 18.3 Å². The van der Waals surface area contributed by atoms with Crippen molar-refractivity contribution in [3.63, 3.8) is 0 Å². The number of rotatable bonds is 4. The summed E-state index contributed by atoms with van der Waals surface area (Å²) in [6, 6.07) is 8.93. The van der Waals surface area contributed by atoms with Crippen molar-refractivity contribution in [2.75, 3.05) is 6.54 Å². The van der Waals surface area contributed by atoms with E-state index in [1.54, 1.807) is 24.4 Å². The fraction of sp³-hybridized carbons (Fsp3) is 0.400. The molecule has 6 heteroatoms. The summed E-state index contributed by atoms with van der Waals surface area (Å²) in [5.41, 5.74) is -0.656. The van der Waals surface area contributed by atoms with Crippen molar-refractivity contribution in [2.24, 2.45) is 0 Å². The molecule has 21 heavy (non-hydrogen) atoms. The maximum absolute atomic E-state index is 12.8. The Morgan fingerprint density at radius 3 is 2.62 bits per heavy atom. The highest BCUT2D eigenvalue weighted by Gasteiger charge is 2.63. The van der Waals surface area contributed by atoms with Crippen LogP contribution in [0.1, 0.15) is 24.5 Å². The number of aliphatic hydroxyl groups is 1. The van der Waals surface area contributed by atoms with E-state index < -0.39 is 17.8 Å². The predicted molar refractivity (Wildman–Crippen MR) is 72.7 cm³/mol. The lowest BCUT2D eigenvalue weighted by atomic mass is 10.0.